The zero-order chi connectivity index (χ0) is 20.5. The van der Waals surface area contributed by atoms with E-state index in [1.807, 2.05) is 0 Å². The van der Waals surface area contributed by atoms with E-state index in [0.717, 1.165) is 12.1 Å². The summed E-state index contributed by atoms with van der Waals surface area (Å²) in [5, 5.41) is 2.52. The number of nitrogens with two attached hydrogens (primary N) is 1. The predicted octanol–water partition coefficient (Wildman–Crippen LogP) is 4.26. The van der Waals surface area contributed by atoms with Gasteiger partial charge < -0.3 is 16.0 Å². The van der Waals surface area contributed by atoms with Gasteiger partial charge in [-0.25, -0.2) is 4.98 Å². The Morgan fingerprint density at radius 3 is 2.61 bits per heavy atom. The molecule has 2 heterocycles. The number of carbonyl (C=O) groups excluding carboxylic acids is 2. The third-order valence-electron chi connectivity index (χ3n) is 3.80. The third-order valence-corrected chi connectivity index (χ3v) is 4.23. The van der Waals surface area contributed by atoms with Gasteiger partial charge in [0.15, 0.2) is 5.78 Å². The molecule has 28 heavy (non-hydrogen) atoms. The van der Waals surface area contributed by atoms with Gasteiger partial charge in [-0.1, -0.05) is 18.2 Å². The lowest BCUT2D eigenvalue weighted by molar-refractivity contribution is -0.137. The highest BCUT2D eigenvalue weighted by atomic mass is 79.9. The number of carbonyl (C=O) groups is 2. The van der Waals surface area contributed by atoms with Gasteiger partial charge in [0.05, 0.1) is 11.3 Å². The number of amides is 1. The number of nitrogens with zero attached hydrogens (tertiary/aromatic N) is 1. The highest BCUT2D eigenvalue weighted by Gasteiger charge is 2.35. The summed E-state index contributed by atoms with van der Waals surface area (Å²) in [6, 6.07) is 7.17. The van der Waals surface area contributed by atoms with E-state index in [-0.39, 0.29) is 22.8 Å². The van der Waals surface area contributed by atoms with Gasteiger partial charge >= 0.3 is 6.18 Å². The SMILES string of the molecule is Nc1ncc(Br)cc1NC(=O)c1cc(C(=O)c2ccccc2C(F)(F)F)c[nH]1. The lowest BCUT2D eigenvalue weighted by atomic mass is 9.99. The summed E-state index contributed by atoms with van der Waals surface area (Å²) in [7, 11) is 0. The normalized spacial score (nSPS) is 11.3. The van der Waals surface area contributed by atoms with Gasteiger partial charge in [-0.2, -0.15) is 13.2 Å². The van der Waals surface area contributed by atoms with Gasteiger partial charge in [-0.05, 0) is 34.1 Å². The number of aromatic amines is 1. The maximum absolute atomic E-state index is 13.1. The Kier molecular flexibility index (Phi) is 5.23. The number of hydrogen-bond donors (Lipinski definition) is 3. The van der Waals surface area contributed by atoms with Crippen molar-refractivity contribution in [1.82, 2.24) is 9.97 Å². The van der Waals surface area contributed by atoms with Crippen LogP contribution in [0, 0.1) is 0 Å². The molecule has 0 saturated carbocycles. The largest absolute Gasteiger partial charge is 0.417 e. The number of nitrogens with one attached hydrogen (secondary N) is 2. The number of rotatable bonds is 4. The number of alkyl halides is 3. The van der Waals surface area contributed by atoms with E-state index in [9.17, 15) is 22.8 Å². The first-order chi connectivity index (χ1) is 13.2. The topological polar surface area (TPSA) is 101 Å². The van der Waals surface area contributed by atoms with Crippen molar-refractivity contribution in [3.05, 3.63) is 75.6 Å². The molecule has 0 radical (unpaired) electrons. The number of ketones is 1. The van der Waals surface area contributed by atoms with Crippen LogP contribution < -0.4 is 11.1 Å². The molecule has 0 spiro atoms. The van der Waals surface area contributed by atoms with Gasteiger partial charge in [0.25, 0.3) is 5.91 Å². The van der Waals surface area contributed by atoms with E-state index >= 15 is 0 Å². The van der Waals surface area contributed by atoms with Crippen LogP contribution in [0.4, 0.5) is 24.7 Å². The zero-order valence-corrected chi connectivity index (χ0v) is 15.6. The molecule has 0 fully saturated rings. The lowest BCUT2D eigenvalue weighted by Gasteiger charge is -2.11. The first kappa shape index (κ1) is 19.6. The van der Waals surface area contributed by atoms with Crippen LogP contribution in [0.15, 0.2) is 53.3 Å². The van der Waals surface area contributed by atoms with Crippen LogP contribution in [0.2, 0.25) is 0 Å². The molecule has 0 unspecified atom stereocenters. The van der Waals surface area contributed by atoms with Gasteiger partial charge in [0, 0.05) is 28.0 Å². The minimum atomic E-state index is -4.67. The molecule has 0 bridgehead atoms. The van der Waals surface area contributed by atoms with Crippen LogP contribution in [0.3, 0.4) is 0 Å². The number of anilines is 2. The minimum Gasteiger partial charge on any atom is -0.382 e. The molecular weight excluding hydrogens is 441 g/mol. The molecule has 10 heteroatoms. The van der Waals surface area contributed by atoms with Crippen molar-refractivity contribution in [1.29, 1.82) is 0 Å². The zero-order valence-electron chi connectivity index (χ0n) is 14.0. The fourth-order valence-electron chi connectivity index (χ4n) is 2.48. The number of halogens is 4. The average molecular weight is 453 g/mol. The van der Waals surface area contributed by atoms with Crippen LogP contribution in [-0.4, -0.2) is 21.7 Å². The second-order valence-electron chi connectivity index (χ2n) is 5.71. The Morgan fingerprint density at radius 1 is 1.18 bits per heavy atom. The molecule has 1 aromatic carbocycles. The van der Waals surface area contributed by atoms with E-state index in [1.54, 1.807) is 0 Å². The van der Waals surface area contributed by atoms with Crippen LogP contribution >= 0.6 is 15.9 Å². The fourth-order valence-corrected chi connectivity index (χ4v) is 2.81. The molecule has 3 rings (SSSR count). The van der Waals surface area contributed by atoms with Crippen molar-refractivity contribution in [2.45, 2.75) is 6.18 Å². The third kappa shape index (κ3) is 4.06. The number of nitrogen functional groups attached to an aromatic ring is 1. The first-order valence-corrected chi connectivity index (χ1v) is 8.58. The van der Waals surface area contributed by atoms with Crippen molar-refractivity contribution in [3.63, 3.8) is 0 Å². The maximum atomic E-state index is 13.1. The van der Waals surface area contributed by atoms with E-state index in [1.165, 1.54) is 36.7 Å². The van der Waals surface area contributed by atoms with Crippen molar-refractivity contribution in [2.24, 2.45) is 0 Å². The highest BCUT2D eigenvalue weighted by Crippen LogP contribution is 2.33. The maximum Gasteiger partial charge on any atom is 0.417 e. The average Bonchev–Trinajstić information content (AvgIpc) is 3.14. The second kappa shape index (κ2) is 7.47. The molecular formula is C18H12BrF3N4O2. The Hall–Kier alpha value is -3.14. The van der Waals surface area contributed by atoms with Crippen LogP contribution in [0.25, 0.3) is 0 Å². The van der Waals surface area contributed by atoms with Crippen LogP contribution in [0.1, 0.15) is 32.0 Å². The molecule has 3 aromatic rings. The van der Waals surface area contributed by atoms with Gasteiger partial charge in [0.1, 0.15) is 11.5 Å². The summed E-state index contributed by atoms with van der Waals surface area (Å²) >= 11 is 3.20. The molecule has 0 aliphatic carbocycles. The Balaban J connectivity index is 1.85. The van der Waals surface area contributed by atoms with Crippen LogP contribution in [-0.2, 0) is 6.18 Å². The van der Waals surface area contributed by atoms with E-state index in [2.05, 4.69) is 31.2 Å². The summed E-state index contributed by atoms with van der Waals surface area (Å²) in [6.07, 6.45) is -2.05. The van der Waals surface area contributed by atoms with Crippen molar-refractivity contribution in [3.8, 4) is 0 Å². The van der Waals surface area contributed by atoms with E-state index in [4.69, 9.17) is 5.73 Å². The number of H-pyrrole nitrogens is 1. The van der Waals surface area contributed by atoms with E-state index in [0.29, 0.717) is 4.47 Å². The number of pyridine rings is 1. The monoisotopic (exact) mass is 452 g/mol. The minimum absolute atomic E-state index is 0.0211. The molecule has 0 saturated heterocycles. The summed E-state index contributed by atoms with van der Waals surface area (Å²) in [5.74, 6) is -1.40. The summed E-state index contributed by atoms with van der Waals surface area (Å²) in [5.41, 5.74) is 4.28. The number of hydrogen-bond acceptors (Lipinski definition) is 4. The summed E-state index contributed by atoms with van der Waals surface area (Å²) < 4.78 is 40.0. The fraction of sp³-hybridized carbons (Fsp3) is 0.0556. The smallest absolute Gasteiger partial charge is 0.382 e. The molecule has 2 aromatic heterocycles. The van der Waals surface area contributed by atoms with Gasteiger partial charge in [0.2, 0.25) is 0 Å². The van der Waals surface area contributed by atoms with Gasteiger partial charge in [-0.15, -0.1) is 0 Å². The van der Waals surface area contributed by atoms with Crippen molar-refractivity contribution in [2.75, 3.05) is 11.1 Å². The van der Waals surface area contributed by atoms with Gasteiger partial charge in [-0.3, -0.25) is 9.59 Å². The lowest BCUT2D eigenvalue weighted by Crippen LogP contribution is -2.14. The predicted molar refractivity (Wildman–Crippen MR) is 100.0 cm³/mol. The molecule has 0 atom stereocenters. The van der Waals surface area contributed by atoms with E-state index < -0.39 is 29.0 Å². The van der Waals surface area contributed by atoms with Crippen molar-refractivity contribution < 1.29 is 22.8 Å². The van der Waals surface area contributed by atoms with Crippen molar-refractivity contribution >= 4 is 39.1 Å². The Labute approximate surface area is 165 Å². The quantitative estimate of drug-likeness (QED) is 0.514. The standard InChI is InChI=1S/C18H12BrF3N4O2/c19-10-6-13(16(23)25-8-10)26-17(28)14-5-9(7-24-14)15(27)11-3-1-2-4-12(11)18(20,21)22/h1-8,24H,(H2,23,25)(H,26,28). The molecule has 6 nitrogen and oxygen atoms in total. The first-order valence-electron chi connectivity index (χ1n) is 7.78. The number of aromatic nitrogens is 2. The number of benzene rings is 1. The highest BCUT2D eigenvalue weighted by molar-refractivity contribution is 9.10. The Bertz CT molecular complexity index is 1060. The summed E-state index contributed by atoms with van der Waals surface area (Å²) in [6.45, 7) is 0. The Morgan fingerprint density at radius 2 is 1.89 bits per heavy atom. The summed E-state index contributed by atoms with van der Waals surface area (Å²) in [4.78, 5) is 31.3. The molecule has 0 aliphatic rings. The molecule has 4 N–H and O–H groups in total. The molecule has 144 valence electrons. The van der Waals surface area contributed by atoms with Crippen LogP contribution in [0.5, 0.6) is 0 Å². The molecule has 1 amide bonds. The second-order valence-corrected chi connectivity index (χ2v) is 6.63. The molecule has 0 aliphatic heterocycles.